The summed E-state index contributed by atoms with van der Waals surface area (Å²) >= 11 is 1.70. The lowest BCUT2D eigenvalue weighted by atomic mass is 10.1. The number of nitrogens with zero attached hydrogens (tertiary/aromatic N) is 1. The first-order valence-corrected chi connectivity index (χ1v) is 6.88. The van der Waals surface area contributed by atoms with E-state index in [9.17, 15) is 0 Å². The highest BCUT2D eigenvalue weighted by atomic mass is 32.1. The highest BCUT2D eigenvalue weighted by molar-refractivity contribution is 7.09. The van der Waals surface area contributed by atoms with E-state index in [2.05, 4.69) is 48.4 Å². The van der Waals surface area contributed by atoms with Crippen LogP contribution in [0.2, 0.25) is 0 Å². The maximum Gasteiger partial charge on any atom is 0.109 e. The molecule has 90 valence electrons. The standard InChI is InChI=1S/C14H18N2S/c1-3-12-4-6-13(7-5-12)10-16-11(2)14-15-8-9-17-14/h4-9,11,16H,3,10H2,1-2H3. The van der Waals surface area contributed by atoms with Crippen molar-refractivity contribution in [1.82, 2.24) is 10.3 Å². The second-order valence-electron chi connectivity index (χ2n) is 4.14. The summed E-state index contributed by atoms with van der Waals surface area (Å²) in [5.41, 5.74) is 2.72. The molecule has 2 nitrogen and oxygen atoms in total. The minimum Gasteiger partial charge on any atom is -0.304 e. The number of nitrogens with one attached hydrogen (secondary N) is 1. The molecule has 0 fully saturated rings. The first-order chi connectivity index (χ1) is 8.29. The number of rotatable bonds is 5. The van der Waals surface area contributed by atoms with Gasteiger partial charge in [-0.2, -0.15) is 0 Å². The van der Waals surface area contributed by atoms with Crippen molar-refractivity contribution in [1.29, 1.82) is 0 Å². The molecule has 0 aliphatic rings. The van der Waals surface area contributed by atoms with Gasteiger partial charge in [0.25, 0.3) is 0 Å². The zero-order valence-corrected chi connectivity index (χ0v) is 11.1. The maximum absolute atomic E-state index is 4.31. The largest absolute Gasteiger partial charge is 0.304 e. The molecule has 0 aliphatic heterocycles. The van der Waals surface area contributed by atoms with Crippen LogP contribution < -0.4 is 5.32 Å². The molecule has 3 heteroatoms. The van der Waals surface area contributed by atoms with Crippen LogP contribution in [0, 0.1) is 0 Å². The monoisotopic (exact) mass is 246 g/mol. The van der Waals surface area contributed by atoms with Crippen LogP contribution in [0.15, 0.2) is 35.8 Å². The van der Waals surface area contributed by atoms with Gasteiger partial charge in [-0.3, -0.25) is 0 Å². The van der Waals surface area contributed by atoms with Gasteiger partial charge in [-0.05, 0) is 24.5 Å². The zero-order valence-electron chi connectivity index (χ0n) is 10.3. The first kappa shape index (κ1) is 12.3. The molecule has 0 bridgehead atoms. The molecule has 17 heavy (non-hydrogen) atoms. The molecular weight excluding hydrogens is 228 g/mol. The number of hydrogen-bond donors (Lipinski definition) is 1. The average molecular weight is 246 g/mol. The average Bonchev–Trinajstić information content (AvgIpc) is 2.90. The Hall–Kier alpha value is -1.19. The van der Waals surface area contributed by atoms with Gasteiger partial charge in [0.15, 0.2) is 0 Å². The van der Waals surface area contributed by atoms with Gasteiger partial charge >= 0.3 is 0 Å². The van der Waals surface area contributed by atoms with Crippen molar-refractivity contribution in [2.75, 3.05) is 0 Å². The summed E-state index contributed by atoms with van der Waals surface area (Å²) in [6.45, 7) is 5.22. The molecule has 1 atom stereocenters. The minimum absolute atomic E-state index is 0.320. The predicted octanol–water partition coefficient (Wildman–Crippen LogP) is 3.56. The number of aryl methyl sites for hydroxylation is 1. The Morgan fingerprint density at radius 2 is 1.94 bits per heavy atom. The molecule has 1 aromatic carbocycles. The van der Waals surface area contributed by atoms with E-state index in [1.165, 1.54) is 11.1 Å². The van der Waals surface area contributed by atoms with E-state index >= 15 is 0 Å². The molecule has 0 aliphatic carbocycles. The quantitative estimate of drug-likeness (QED) is 0.872. The van der Waals surface area contributed by atoms with Gasteiger partial charge in [-0.15, -0.1) is 11.3 Å². The van der Waals surface area contributed by atoms with Crippen molar-refractivity contribution < 1.29 is 0 Å². The molecule has 1 unspecified atom stereocenters. The molecule has 0 saturated heterocycles. The fourth-order valence-corrected chi connectivity index (χ4v) is 2.37. The molecule has 0 amide bonds. The summed E-state index contributed by atoms with van der Waals surface area (Å²) in [7, 11) is 0. The maximum atomic E-state index is 4.31. The molecule has 0 spiro atoms. The van der Waals surface area contributed by atoms with Crippen LogP contribution in [0.25, 0.3) is 0 Å². The molecular formula is C14H18N2S. The van der Waals surface area contributed by atoms with E-state index in [1.54, 1.807) is 11.3 Å². The smallest absolute Gasteiger partial charge is 0.109 e. The molecule has 2 rings (SSSR count). The Morgan fingerprint density at radius 1 is 1.24 bits per heavy atom. The number of aromatic nitrogens is 1. The zero-order chi connectivity index (χ0) is 12.1. The molecule has 0 saturated carbocycles. The van der Waals surface area contributed by atoms with Crippen molar-refractivity contribution in [3.05, 3.63) is 52.0 Å². The molecule has 0 radical (unpaired) electrons. The predicted molar refractivity (Wildman–Crippen MR) is 73.2 cm³/mol. The van der Waals surface area contributed by atoms with E-state index in [0.29, 0.717) is 6.04 Å². The van der Waals surface area contributed by atoms with Crippen molar-refractivity contribution in [2.24, 2.45) is 0 Å². The van der Waals surface area contributed by atoms with E-state index in [4.69, 9.17) is 0 Å². The van der Waals surface area contributed by atoms with Crippen LogP contribution in [-0.2, 0) is 13.0 Å². The normalized spacial score (nSPS) is 12.6. The van der Waals surface area contributed by atoms with Gasteiger partial charge in [0, 0.05) is 18.1 Å². The van der Waals surface area contributed by atoms with Crippen LogP contribution in [0.1, 0.15) is 36.0 Å². The lowest BCUT2D eigenvalue weighted by Crippen LogP contribution is -2.17. The van der Waals surface area contributed by atoms with Crippen molar-refractivity contribution in [3.8, 4) is 0 Å². The van der Waals surface area contributed by atoms with E-state index in [-0.39, 0.29) is 0 Å². The van der Waals surface area contributed by atoms with Crippen molar-refractivity contribution in [2.45, 2.75) is 32.9 Å². The third kappa shape index (κ3) is 3.38. The summed E-state index contributed by atoms with van der Waals surface area (Å²) in [6, 6.07) is 9.11. The summed E-state index contributed by atoms with van der Waals surface area (Å²) in [5.74, 6) is 0. The topological polar surface area (TPSA) is 24.9 Å². The van der Waals surface area contributed by atoms with Gasteiger partial charge in [0.1, 0.15) is 5.01 Å². The van der Waals surface area contributed by atoms with Gasteiger partial charge in [-0.25, -0.2) is 4.98 Å². The third-order valence-corrected chi connectivity index (χ3v) is 3.82. The Morgan fingerprint density at radius 3 is 2.53 bits per heavy atom. The van der Waals surface area contributed by atoms with Gasteiger partial charge in [0.2, 0.25) is 0 Å². The van der Waals surface area contributed by atoms with Crippen LogP contribution in [0.5, 0.6) is 0 Å². The SMILES string of the molecule is CCc1ccc(CNC(C)c2nccs2)cc1. The highest BCUT2D eigenvalue weighted by Crippen LogP contribution is 2.15. The molecule has 1 N–H and O–H groups in total. The van der Waals surface area contributed by atoms with Crippen LogP contribution in [-0.4, -0.2) is 4.98 Å². The fraction of sp³-hybridized carbons (Fsp3) is 0.357. The second-order valence-corrected chi connectivity index (χ2v) is 5.07. The van der Waals surface area contributed by atoms with Crippen LogP contribution >= 0.6 is 11.3 Å². The number of benzene rings is 1. The van der Waals surface area contributed by atoms with Gasteiger partial charge in [0.05, 0.1) is 6.04 Å². The van der Waals surface area contributed by atoms with E-state index in [1.807, 2.05) is 11.6 Å². The Bertz CT molecular complexity index is 434. The molecule has 1 aromatic heterocycles. The van der Waals surface area contributed by atoms with Crippen LogP contribution in [0.4, 0.5) is 0 Å². The minimum atomic E-state index is 0.320. The van der Waals surface area contributed by atoms with E-state index in [0.717, 1.165) is 18.0 Å². The van der Waals surface area contributed by atoms with Gasteiger partial charge < -0.3 is 5.32 Å². The Balaban J connectivity index is 1.89. The van der Waals surface area contributed by atoms with Crippen molar-refractivity contribution >= 4 is 11.3 Å². The highest BCUT2D eigenvalue weighted by Gasteiger charge is 2.06. The lowest BCUT2D eigenvalue weighted by Gasteiger charge is -2.11. The Kier molecular flexibility index (Phi) is 4.29. The second kappa shape index (κ2) is 5.94. The van der Waals surface area contributed by atoms with Crippen LogP contribution in [0.3, 0.4) is 0 Å². The van der Waals surface area contributed by atoms with Crippen molar-refractivity contribution in [3.63, 3.8) is 0 Å². The lowest BCUT2D eigenvalue weighted by molar-refractivity contribution is 0.572. The molecule has 2 aromatic rings. The third-order valence-electron chi connectivity index (χ3n) is 2.87. The first-order valence-electron chi connectivity index (χ1n) is 6.00. The fourth-order valence-electron chi connectivity index (χ4n) is 1.70. The summed E-state index contributed by atoms with van der Waals surface area (Å²) < 4.78 is 0. The number of hydrogen-bond acceptors (Lipinski definition) is 3. The summed E-state index contributed by atoms with van der Waals surface area (Å²) in [5, 5.41) is 6.65. The summed E-state index contributed by atoms with van der Waals surface area (Å²) in [4.78, 5) is 4.31. The Labute approximate surface area is 107 Å². The van der Waals surface area contributed by atoms with E-state index < -0.39 is 0 Å². The number of thiazole rings is 1. The molecule has 1 heterocycles. The summed E-state index contributed by atoms with van der Waals surface area (Å²) in [6.07, 6.45) is 2.96. The van der Waals surface area contributed by atoms with Gasteiger partial charge in [-0.1, -0.05) is 31.2 Å².